The number of piperidine rings is 1. The van der Waals surface area contributed by atoms with Crippen molar-refractivity contribution in [2.45, 2.75) is 31.1 Å². The van der Waals surface area contributed by atoms with E-state index in [4.69, 9.17) is 14.2 Å². The summed E-state index contributed by atoms with van der Waals surface area (Å²) in [5.74, 6) is 0.259. The molecule has 0 bridgehead atoms. The summed E-state index contributed by atoms with van der Waals surface area (Å²) in [7, 11) is 1.61. The summed E-state index contributed by atoms with van der Waals surface area (Å²) in [5, 5.41) is 3.00. The van der Waals surface area contributed by atoms with Crippen molar-refractivity contribution in [1.29, 1.82) is 0 Å². The summed E-state index contributed by atoms with van der Waals surface area (Å²) in [5.41, 5.74) is 0.813. The van der Waals surface area contributed by atoms with Crippen LogP contribution in [0.5, 0.6) is 5.75 Å². The van der Waals surface area contributed by atoms with Gasteiger partial charge in [-0.1, -0.05) is 0 Å². The predicted molar refractivity (Wildman–Crippen MR) is 97.7 cm³/mol. The van der Waals surface area contributed by atoms with Crippen molar-refractivity contribution < 1.29 is 23.8 Å². The first-order valence-corrected chi connectivity index (χ1v) is 9.36. The molecule has 1 aromatic carbocycles. The summed E-state index contributed by atoms with van der Waals surface area (Å²) < 4.78 is 16.5. The van der Waals surface area contributed by atoms with Gasteiger partial charge in [0, 0.05) is 44.6 Å². The van der Waals surface area contributed by atoms with Crippen molar-refractivity contribution in [1.82, 2.24) is 10.2 Å². The Bertz CT molecular complexity index is 692. The molecule has 1 spiro atoms. The van der Waals surface area contributed by atoms with E-state index >= 15 is 0 Å². The maximum Gasteiger partial charge on any atom is 0.317 e. The third-order valence-corrected chi connectivity index (χ3v) is 5.46. The topological polar surface area (TPSA) is 80.3 Å². The largest absolute Gasteiger partial charge is 0.497 e. The van der Waals surface area contributed by atoms with E-state index in [9.17, 15) is 9.59 Å². The number of carbonyl (C=O) groups is 2. The molecule has 0 saturated carbocycles. The third kappa shape index (κ3) is 3.72. The molecular weight excluding hydrogens is 350 g/mol. The molecule has 3 aliphatic rings. The van der Waals surface area contributed by atoms with Gasteiger partial charge in [0.05, 0.1) is 26.4 Å². The van der Waals surface area contributed by atoms with Crippen LogP contribution in [0.4, 0.5) is 10.5 Å². The van der Waals surface area contributed by atoms with Gasteiger partial charge in [-0.15, -0.1) is 0 Å². The average molecular weight is 375 g/mol. The number of ether oxygens (including phenoxy) is 3. The van der Waals surface area contributed by atoms with E-state index in [1.54, 1.807) is 16.9 Å². The standard InChI is InChI=1S/C19H25N3O5/c1-25-16-4-2-15(3-5-16)22-13-14(12-17(22)23)20-18(24)21-8-6-19(7-9-21)26-10-11-27-19/h2-5,14H,6-13H2,1H3,(H,20,24)/t14-/m1/s1. The summed E-state index contributed by atoms with van der Waals surface area (Å²) in [6.45, 7) is 2.90. The lowest BCUT2D eigenvalue weighted by Gasteiger charge is -2.37. The molecule has 3 heterocycles. The number of urea groups is 1. The van der Waals surface area contributed by atoms with E-state index in [2.05, 4.69) is 5.32 Å². The Balaban J connectivity index is 1.31. The Hall–Kier alpha value is -2.32. The zero-order valence-corrected chi connectivity index (χ0v) is 15.5. The van der Waals surface area contributed by atoms with Crippen LogP contribution in [0.15, 0.2) is 24.3 Å². The van der Waals surface area contributed by atoms with Gasteiger partial charge in [0.2, 0.25) is 5.91 Å². The van der Waals surface area contributed by atoms with Crippen molar-refractivity contribution in [3.05, 3.63) is 24.3 Å². The molecule has 1 aromatic rings. The van der Waals surface area contributed by atoms with Crippen molar-refractivity contribution in [3.63, 3.8) is 0 Å². The van der Waals surface area contributed by atoms with Crippen LogP contribution >= 0.6 is 0 Å². The van der Waals surface area contributed by atoms with E-state index < -0.39 is 5.79 Å². The Kier molecular flexibility index (Phi) is 4.92. The van der Waals surface area contributed by atoms with Crippen LogP contribution in [-0.4, -0.2) is 68.6 Å². The van der Waals surface area contributed by atoms with Crippen molar-refractivity contribution >= 4 is 17.6 Å². The third-order valence-electron chi connectivity index (χ3n) is 5.46. The molecule has 146 valence electrons. The summed E-state index contributed by atoms with van der Waals surface area (Å²) >= 11 is 0. The number of nitrogens with one attached hydrogen (secondary N) is 1. The molecule has 1 atom stereocenters. The molecule has 3 aliphatic heterocycles. The van der Waals surface area contributed by atoms with Gasteiger partial charge < -0.3 is 29.3 Å². The molecule has 8 nitrogen and oxygen atoms in total. The van der Waals surface area contributed by atoms with Crippen molar-refractivity contribution in [3.8, 4) is 5.75 Å². The summed E-state index contributed by atoms with van der Waals surface area (Å²) in [4.78, 5) is 28.4. The minimum atomic E-state index is -0.495. The lowest BCUT2D eigenvalue weighted by molar-refractivity contribution is -0.181. The van der Waals surface area contributed by atoms with E-state index in [1.807, 2.05) is 24.3 Å². The zero-order valence-electron chi connectivity index (χ0n) is 15.5. The Morgan fingerprint density at radius 2 is 1.85 bits per heavy atom. The number of methoxy groups -OCH3 is 1. The van der Waals surface area contributed by atoms with Crippen LogP contribution in [0.3, 0.4) is 0 Å². The fourth-order valence-electron chi connectivity index (χ4n) is 3.92. The fraction of sp³-hybridized carbons (Fsp3) is 0.579. The highest BCUT2D eigenvalue weighted by Crippen LogP contribution is 2.31. The number of likely N-dealkylation sites (tertiary alicyclic amines) is 1. The van der Waals surface area contributed by atoms with Crippen LogP contribution in [0.1, 0.15) is 19.3 Å². The number of carbonyl (C=O) groups excluding carboxylic acids is 2. The molecule has 0 aliphatic carbocycles. The van der Waals surface area contributed by atoms with Crippen LogP contribution in [0.2, 0.25) is 0 Å². The molecule has 3 fully saturated rings. The molecule has 8 heteroatoms. The van der Waals surface area contributed by atoms with Gasteiger partial charge in [0.1, 0.15) is 5.75 Å². The highest BCUT2D eigenvalue weighted by Gasteiger charge is 2.41. The van der Waals surface area contributed by atoms with Gasteiger partial charge in [0.25, 0.3) is 0 Å². The molecule has 0 aromatic heterocycles. The number of amides is 3. The maximum atomic E-state index is 12.6. The first-order chi connectivity index (χ1) is 13.1. The lowest BCUT2D eigenvalue weighted by atomic mass is 10.0. The van der Waals surface area contributed by atoms with Gasteiger partial charge in [-0.25, -0.2) is 4.79 Å². The van der Waals surface area contributed by atoms with Crippen LogP contribution < -0.4 is 15.0 Å². The zero-order chi connectivity index (χ0) is 18.9. The van der Waals surface area contributed by atoms with Gasteiger partial charge >= 0.3 is 6.03 Å². The van der Waals surface area contributed by atoms with Gasteiger partial charge in [0.15, 0.2) is 5.79 Å². The first-order valence-electron chi connectivity index (χ1n) is 9.36. The fourth-order valence-corrected chi connectivity index (χ4v) is 3.92. The number of anilines is 1. The molecule has 0 unspecified atom stereocenters. The number of rotatable bonds is 3. The molecule has 3 amide bonds. The van der Waals surface area contributed by atoms with E-state index in [-0.39, 0.29) is 18.0 Å². The van der Waals surface area contributed by atoms with Crippen molar-refractivity contribution in [2.24, 2.45) is 0 Å². The Morgan fingerprint density at radius 1 is 1.19 bits per heavy atom. The molecular formula is C19H25N3O5. The second kappa shape index (κ2) is 7.36. The maximum absolute atomic E-state index is 12.6. The van der Waals surface area contributed by atoms with Crippen LogP contribution in [0.25, 0.3) is 0 Å². The minimum absolute atomic E-state index is 0.0100. The summed E-state index contributed by atoms with van der Waals surface area (Å²) in [6, 6.07) is 7.04. The van der Waals surface area contributed by atoms with Crippen LogP contribution in [-0.2, 0) is 14.3 Å². The van der Waals surface area contributed by atoms with E-state index in [0.717, 1.165) is 11.4 Å². The first kappa shape index (κ1) is 18.1. The predicted octanol–water partition coefficient (Wildman–Crippen LogP) is 1.35. The van der Waals surface area contributed by atoms with Gasteiger partial charge in [-0.05, 0) is 24.3 Å². The number of benzene rings is 1. The Morgan fingerprint density at radius 3 is 2.48 bits per heavy atom. The van der Waals surface area contributed by atoms with Crippen LogP contribution in [0, 0.1) is 0 Å². The monoisotopic (exact) mass is 375 g/mol. The molecule has 4 rings (SSSR count). The molecule has 27 heavy (non-hydrogen) atoms. The molecule has 1 N–H and O–H groups in total. The minimum Gasteiger partial charge on any atom is -0.497 e. The number of nitrogens with zero attached hydrogens (tertiary/aromatic N) is 2. The number of hydrogen-bond acceptors (Lipinski definition) is 5. The smallest absolute Gasteiger partial charge is 0.317 e. The molecule has 0 radical (unpaired) electrons. The van der Waals surface area contributed by atoms with Gasteiger partial charge in [-0.2, -0.15) is 0 Å². The summed E-state index contributed by atoms with van der Waals surface area (Å²) in [6.07, 6.45) is 1.67. The van der Waals surface area contributed by atoms with E-state index in [1.165, 1.54) is 0 Å². The quantitative estimate of drug-likeness (QED) is 0.863. The lowest BCUT2D eigenvalue weighted by Crippen LogP contribution is -2.52. The number of hydrogen-bond donors (Lipinski definition) is 1. The normalized spacial score (nSPS) is 24.5. The van der Waals surface area contributed by atoms with Crippen molar-refractivity contribution in [2.75, 3.05) is 44.9 Å². The highest BCUT2D eigenvalue weighted by atomic mass is 16.7. The molecule has 3 saturated heterocycles. The average Bonchev–Trinajstić information content (AvgIpc) is 3.29. The van der Waals surface area contributed by atoms with E-state index in [0.29, 0.717) is 52.1 Å². The second-order valence-electron chi connectivity index (χ2n) is 7.15. The second-order valence-corrected chi connectivity index (χ2v) is 7.15. The van der Waals surface area contributed by atoms with Gasteiger partial charge in [-0.3, -0.25) is 4.79 Å². The Labute approximate surface area is 158 Å². The SMILES string of the molecule is COc1ccc(N2C[C@H](NC(=O)N3CCC4(CC3)OCCO4)CC2=O)cc1. The highest BCUT2D eigenvalue weighted by molar-refractivity contribution is 5.96.